The number of benzene rings is 1. The van der Waals surface area contributed by atoms with Gasteiger partial charge in [0.1, 0.15) is 5.82 Å². The number of carbonyl (C=O) groups excluding carboxylic acids is 1. The molecule has 0 aliphatic carbocycles. The Morgan fingerprint density at radius 2 is 2.10 bits per heavy atom. The van der Waals surface area contributed by atoms with Crippen molar-refractivity contribution in [1.82, 2.24) is 19.0 Å². The summed E-state index contributed by atoms with van der Waals surface area (Å²) in [5.74, 6) is -0.231. The van der Waals surface area contributed by atoms with Crippen LogP contribution in [-0.2, 0) is 6.54 Å². The summed E-state index contributed by atoms with van der Waals surface area (Å²) in [6.07, 6.45) is 4.66. The van der Waals surface area contributed by atoms with E-state index in [0.717, 1.165) is 12.8 Å². The summed E-state index contributed by atoms with van der Waals surface area (Å²) in [5, 5.41) is 0. The van der Waals surface area contributed by atoms with Crippen LogP contribution in [0.1, 0.15) is 35.0 Å². The van der Waals surface area contributed by atoms with Crippen LogP contribution in [0.25, 0.3) is 11.2 Å². The molecule has 1 aromatic carbocycles. The van der Waals surface area contributed by atoms with E-state index in [1.54, 1.807) is 50.6 Å². The number of carbonyl (C=O) groups is 1. The lowest BCUT2D eigenvalue weighted by atomic mass is 10.1. The van der Waals surface area contributed by atoms with E-state index in [1.165, 1.54) is 18.4 Å². The topological polar surface area (TPSA) is 73.3 Å². The van der Waals surface area contributed by atoms with Crippen molar-refractivity contribution in [3.05, 3.63) is 88.6 Å². The van der Waals surface area contributed by atoms with Crippen molar-refractivity contribution < 1.29 is 13.6 Å². The number of furan rings is 1. The van der Waals surface area contributed by atoms with Crippen LogP contribution in [0.2, 0.25) is 0 Å². The van der Waals surface area contributed by atoms with Crippen LogP contribution in [0.15, 0.2) is 70.2 Å². The summed E-state index contributed by atoms with van der Waals surface area (Å²) in [5.41, 5.74) is 1.74. The molecule has 158 valence electrons. The standard InChI is InChI=1S/C23H21FN4O3/c24-17-6-1-5-16(13-17)14-27-19-8-2-10-25-21(19)28(23(27)30)18-7-3-11-26(15-18)22(29)20-9-4-12-31-20/h1-2,4-6,8-10,12-13,18H,3,7,11,14-15H2/t18-/m0/s1. The molecule has 0 spiro atoms. The maximum Gasteiger partial charge on any atom is 0.330 e. The molecule has 7 nitrogen and oxygen atoms in total. The minimum Gasteiger partial charge on any atom is -0.459 e. The van der Waals surface area contributed by atoms with Crippen LogP contribution in [-0.4, -0.2) is 38.0 Å². The molecule has 0 radical (unpaired) electrons. The van der Waals surface area contributed by atoms with Gasteiger partial charge >= 0.3 is 5.69 Å². The number of rotatable bonds is 4. The van der Waals surface area contributed by atoms with Gasteiger partial charge in [-0.05, 0) is 54.8 Å². The van der Waals surface area contributed by atoms with E-state index >= 15 is 0 Å². The molecule has 0 saturated carbocycles. The first-order valence-electron chi connectivity index (χ1n) is 10.2. The molecule has 0 bridgehead atoms. The number of aromatic nitrogens is 3. The molecule has 8 heteroatoms. The molecule has 4 heterocycles. The summed E-state index contributed by atoms with van der Waals surface area (Å²) in [6.45, 7) is 1.25. The van der Waals surface area contributed by atoms with Gasteiger partial charge in [-0.3, -0.25) is 13.9 Å². The maximum atomic E-state index is 13.7. The second kappa shape index (κ2) is 7.86. The lowest BCUT2D eigenvalue weighted by molar-refractivity contribution is 0.0647. The largest absolute Gasteiger partial charge is 0.459 e. The number of likely N-dealkylation sites (tertiary alicyclic amines) is 1. The molecule has 5 rings (SSSR count). The van der Waals surface area contributed by atoms with Crippen LogP contribution < -0.4 is 5.69 Å². The number of imidazole rings is 1. The number of pyridine rings is 1. The first kappa shape index (κ1) is 19.3. The number of amides is 1. The predicted molar refractivity (Wildman–Crippen MR) is 112 cm³/mol. The zero-order valence-corrected chi connectivity index (χ0v) is 16.8. The Kier molecular flexibility index (Phi) is 4.89. The average Bonchev–Trinajstić information content (AvgIpc) is 3.41. The fourth-order valence-electron chi connectivity index (χ4n) is 4.31. The Hall–Kier alpha value is -3.68. The molecule has 1 atom stereocenters. The smallest absolute Gasteiger partial charge is 0.330 e. The third kappa shape index (κ3) is 3.54. The van der Waals surface area contributed by atoms with Gasteiger partial charge in [0.15, 0.2) is 11.4 Å². The van der Waals surface area contributed by atoms with Crippen LogP contribution in [0.5, 0.6) is 0 Å². The molecule has 1 fully saturated rings. The van der Waals surface area contributed by atoms with Gasteiger partial charge in [-0.1, -0.05) is 12.1 Å². The summed E-state index contributed by atoms with van der Waals surface area (Å²) >= 11 is 0. The van der Waals surface area contributed by atoms with Crippen molar-refractivity contribution in [3.8, 4) is 0 Å². The van der Waals surface area contributed by atoms with Gasteiger partial charge in [0.25, 0.3) is 5.91 Å². The molecule has 1 amide bonds. The molecule has 1 saturated heterocycles. The number of nitrogens with zero attached hydrogens (tertiary/aromatic N) is 4. The van der Waals surface area contributed by atoms with E-state index in [4.69, 9.17) is 4.42 Å². The van der Waals surface area contributed by atoms with Gasteiger partial charge in [0.2, 0.25) is 0 Å². The maximum absolute atomic E-state index is 13.7. The number of hydrogen-bond donors (Lipinski definition) is 0. The highest BCUT2D eigenvalue weighted by molar-refractivity contribution is 5.91. The van der Waals surface area contributed by atoms with Crippen molar-refractivity contribution in [2.24, 2.45) is 0 Å². The van der Waals surface area contributed by atoms with E-state index in [9.17, 15) is 14.0 Å². The third-order valence-electron chi connectivity index (χ3n) is 5.73. The Morgan fingerprint density at radius 3 is 2.90 bits per heavy atom. The van der Waals surface area contributed by atoms with Crippen molar-refractivity contribution in [2.45, 2.75) is 25.4 Å². The molecular formula is C23H21FN4O3. The number of fused-ring (bicyclic) bond motifs is 1. The summed E-state index contributed by atoms with van der Waals surface area (Å²) in [6, 6.07) is 13.0. The predicted octanol–water partition coefficient (Wildman–Crippen LogP) is 3.46. The fourth-order valence-corrected chi connectivity index (χ4v) is 4.31. The van der Waals surface area contributed by atoms with Crippen molar-refractivity contribution in [2.75, 3.05) is 13.1 Å². The Bertz CT molecular complexity index is 1290. The Balaban J connectivity index is 1.52. The molecule has 3 aromatic heterocycles. The van der Waals surface area contributed by atoms with E-state index in [2.05, 4.69) is 4.98 Å². The van der Waals surface area contributed by atoms with Crippen LogP contribution >= 0.6 is 0 Å². The molecule has 1 aliphatic heterocycles. The first-order chi connectivity index (χ1) is 15.1. The van der Waals surface area contributed by atoms with Gasteiger partial charge in [-0.15, -0.1) is 0 Å². The second-order valence-electron chi connectivity index (χ2n) is 7.74. The van der Waals surface area contributed by atoms with Gasteiger partial charge in [-0.2, -0.15) is 0 Å². The number of piperidine rings is 1. The first-order valence-corrected chi connectivity index (χ1v) is 10.2. The lowest BCUT2D eigenvalue weighted by Crippen LogP contribution is -2.43. The van der Waals surface area contributed by atoms with Crippen molar-refractivity contribution in [3.63, 3.8) is 0 Å². The van der Waals surface area contributed by atoms with Crippen LogP contribution in [0.3, 0.4) is 0 Å². The molecular weight excluding hydrogens is 399 g/mol. The van der Waals surface area contributed by atoms with Crippen LogP contribution in [0.4, 0.5) is 4.39 Å². The highest BCUT2D eigenvalue weighted by Gasteiger charge is 2.30. The van der Waals surface area contributed by atoms with Gasteiger partial charge in [-0.25, -0.2) is 14.2 Å². The highest BCUT2D eigenvalue weighted by Crippen LogP contribution is 2.25. The van der Waals surface area contributed by atoms with Gasteiger partial charge in [0.05, 0.1) is 24.4 Å². The van der Waals surface area contributed by atoms with Crippen LogP contribution in [0, 0.1) is 5.82 Å². The summed E-state index contributed by atoms with van der Waals surface area (Å²) < 4.78 is 22.2. The SMILES string of the molecule is O=C(c1ccco1)N1CCC[C@H](n2c(=O)n(Cc3cccc(F)c3)c3cccnc32)C1. The Labute approximate surface area is 177 Å². The molecule has 0 unspecified atom stereocenters. The minimum atomic E-state index is -0.341. The van der Waals surface area contributed by atoms with Crippen molar-refractivity contribution >= 4 is 17.1 Å². The molecule has 31 heavy (non-hydrogen) atoms. The van der Waals surface area contributed by atoms with E-state index in [0.29, 0.717) is 35.6 Å². The van der Waals surface area contributed by atoms with E-state index in [-0.39, 0.29) is 30.0 Å². The minimum absolute atomic E-state index is 0.181. The van der Waals surface area contributed by atoms with E-state index in [1.807, 2.05) is 6.07 Å². The van der Waals surface area contributed by atoms with Gasteiger partial charge in [0, 0.05) is 19.3 Å². The third-order valence-corrected chi connectivity index (χ3v) is 5.73. The average molecular weight is 420 g/mol. The summed E-state index contributed by atoms with van der Waals surface area (Å²) in [4.78, 5) is 32.4. The quantitative estimate of drug-likeness (QED) is 0.507. The van der Waals surface area contributed by atoms with Gasteiger partial charge < -0.3 is 9.32 Å². The number of hydrogen-bond acceptors (Lipinski definition) is 4. The monoisotopic (exact) mass is 420 g/mol. The molecule has 4 aromatic rings. The summed E-state index contributed by atoms with van der Waals surface area (Å²) in [7, 11) is 0. The van der Waals surface area contributed by atoms with Crippen molar-refractivity contribution in [1.29, 1.82) is 0 Å². The molecule has 0 N–H and O–H groups in total. The normalized spacial score (nSPS) is 16.7. The fraction of sp³-hybridized carbons (Fsp3) is 0.261. The van der Waals surface area contributed by atoms with E-state index < -0.39 is 0 Å². The molecule has 1 aliphatic rings. The zero-order chi connectivity index (χ0) is 21.4. The Morgan fingerprint density at radius 1 is 1.19 bits per heavy atom. The second-order valence-corrected chi connectivity index (χ2v) is 7.74. The highest BCUT2D eigenvalue weighted by atomic mass is 19.1. The lowest BCUT2D eigenvalue weighted by Gasteiger charge is -2.32. The number of halogens is 1. The zero-order valence-electron chi connectivity index (χ0n) is 16.8.